The van der Waals surface area contributed by atoms with Gasteiger partial charge in [0, 0.05) is 30.5 Å². The molecule has 3 aromatic carbocycles. The molecular formula is C27H24FN7O2. The molecule has 186 valence electrons. The zero-order valence-electron chi connectivity index (χ0n) is 20.0. The Labute approximate surface area is 210 Å². The lowest BCUT2D eigenvalue weighted by molar-refractivity contribution is 0.165. The number of urea groups is 1. The summed E-state index contributed by atoms with van der Waals surface area (Å²) in [6.45, 7) is 1.63. The highest BCUT2D eigenvalue weighted by atomic mass is 19.1. The number of aromatic amines is 2. The van der Waals surface area contributed by atoms with E-state index in [0.29, 0.717) is 40.1 Å². The number of carbonyl (C=O) groups excluding carboxylic acids is 1. The highest BCUT2D eigenvalue weighted by molar-refractivity contribution is 5.91. The standard InChI is InChI=1S/C27H24FN7O2/c1-35-13-17(14-35)29-27(37)32-26-30-22-9-7-16(12-24(22)31-26)20-10-15(6-8-21(20)28)11-23-18-4-2-3-5-19(18)25(36)34-33-23/h2-10,12,17H,11,13-14H2,1H3,(H,34,36)(H3,29,30,31,32,37). The number of likely N-dealkylation sites (N-methyl/N-ethyl adjacent to an activating group) is 1. The molecule has 6 rings (SSSR count). The first-order chi connectivity index (χ1) is 17.9. The fourth-order valence-electron chi connectivity index (χ4n) is 4.76. The van der Waals surface area contributed by atoms with E-state index in [1.54, 1.807) is 24.3 Å². The summed E-state index contributed by atoms with van der Waals surface area (Å²) in [6, 6.07) is 17.4. The summed E-state index contributed by atoms with van der Waals surface area (Å²) in [7, 11) is 1.99. The maximum atomic E-state index is 14.9. The molecule has 2 amide bonds. The van der Waals surface area contributed by atoms with Crippen LogP contribution in [-0.4, -0.2) is 57.3 Å². The van der Waals surface area contributed by atoms with E-state index in [4.69, 9.17) is 0 Å². The molecule has 1 aliphatic heterocycles. The van der Waals surface area contributed by atoms with Crippen LogP contribution in [0.3, 0.4) is 0 Å². The van der Waals surface area contributed by atoms with Crippen LogP contribution in [0.1, 0.15) is 11.3 Å². The molecule has 0 saturated carbocycles. The van der Waals surface area contributed by atoms with Crippen molar-refractivity contribution in [3.63, 3.8) is 0 Å². The maximum Gasteiger partial charge on any atom is 0.321 e. The van der Waals surface area contributed by atoms with Gasteiger partial charge in [-0.1, -0.05) is 30.3 Å². The van der Waals surface area contributed by atoms with Crippen LogP contribution < -0.4 is 16.2 Å². The van der Waals surface area contributed by atoms with Crippen molar-refractivity contribution in [3.8, 4) is 11.1 Å². The smallest absolute Gasteiger partial charge is 0.321 e. The minimum Gasteiger partial charge on any atom is -0.332 e. The van der Waals surface area contributed by atoms with Gasteiger partial charge in [-0.05, 0) is 48.5 Å². The van der Waals surface area contributed by atoms with Gasteiger partial charge in [-0.3, -0.25) is 10.1 Å². The topological polar surface area (TPSA) is 119 Å². The number of aromatic nitrogens is 4. The molecule has 5 aromatic rings. The van der Waals surface area contributed by atoms with Gasteiger partial charge < -0.3 is 15.2 Å². The first-order valence-corrected chi connectivity index (χ1v) is 11.9. The van der Waals surface area contributed by atoms with Gasteiger partial charge >= 0.3 is 6.03 Å². The van der Waals surface area contributed by atoms with Crippen LogP contribution in [0.25, 0.3) is 32.9 Å². The van der Waals surface area contributed by atoms with E-state index in [2.05, 4.69) is 35.7 Å². The lowest BCUT2D eigenvalue weighted by Crippen LogP contribution is -2.58. The predicted molar refractivity (Wildman–Crippen MR) is 140 cm³/mol. The number of benzene rings is 3. The molecule has 2 aromatic heterocycles. The van der Waals surface area contributed by atoms with Gasteiger partial charge in [0.2, 0.25) is 5.95 Å². The molecule has 0 spiro atoms. The largest absolute Gasteiger partial charge is 0.332 e. The Morgan fingerprint density at radius 2 is 1.92 bits per heavy atom. The van der Waals surface area contributed by atoms with Gasteiger partial charge in [0.1, 0.15) is 5.82 Å². The quantitative estimate of drug-likeness (QED) is 0.296. The van der Waals surface area contributed by atoms with Crippen molar-refractivity contribution in [1.29, 1.82) is 0 Å². The van der Waals surface area contributed by atoms with Crippen LogP contribution >= 0.6 is 0 Å². The van der Waals surface area contributed by atoms with E-state index in [9.17, 15) is 14.0 Å². The number of hydrogen-bond donors (Lipinski definition) is 4. The van der Waals surface area contributed by atoms with Crippen molar-refractivity contribution >= 4 is 33.8 Å². The molecule has 0 atom stereocenters. The third kappa shape index (κ3) is 4.54. The third-order valence-electron chi connectivity index (χ3n) is 6.60. The summed E-state index contributed by atoms with van der Waals surface area (Å²) in [5.41, 5.74) is 3.73. The number of hydrogen-bond acceptors (Lipinski definition) is 5. The van der Waals surface area contributed by atoms with E-state index in [0.717, 1.165) is 29.6 Å². The minimum atomic E-state index is -0.360. The molecule has 1 fully saturated rings. The molecule has 37 heavy (non-hydrogen) atoms. The van der Waals surface area contributed by atoms with Crippen molar-refractivity contribution in [2.75, 3.05) is 25.5 Å². The van der Waals surface area contributed by atoms with E-state index in [1.165, 1.54) is 6.07 Å². The van der Waals surface area contributed by atoms with Crippen LogP contribution in [0.15, 0.2) is 65.5 Å². The molecule has 3 heterocycles. The summed E-state index contributed by atoms with van der Waals surface area (Å²) in [6.07, 6.45) is 0.426. The second kappa shape index (κ2) is 9.14. The van der Waals surface area contributed by atoms with Crippen LogP contribution in [-0.2, 0) is 6.42 Å². The first kappa shape index (κ1) is 22.9. The number of likely N-dealkylation sites (tertiary alicyclic amines) is 1. The number of imidazole rings is 1. The first-order valence-electron chi connectivity index (χ1n) is 11.9. The molecule has 0 bridgehead atoms. The van der Waals surface area contributed by atoms with Crippen molar-refractivity contribution in [1.82, 2.24) is 30.4 Å². The lowest BCUT2D eigenvalue weighted by Gasteiger charge is -2.36. The van der Waals surface area contributed by atoms with Crippen LogP contribution in [0, 0.1) is 5.82 Å². The van der Waals surface area contributed by atoms with Crippen molar-refractivity contribution < 1.29 is 9.18 Å². The monoisotopic (exact) mass is 497 g/mol. The van der Waals surface area contributed by atoms with Gasteiger partial charge in [0.05, 0.1) is 28.2 Å². The normalized spacial score (nSPS) is 14.1. The van der Waals surface area contributed by atoms with Crippen LogP contribution in [0.5, 0.6) is 0 Å². The minimum absolute atomic E-state index is 0.126. The number of halogens is 1. The SMILES string of the molecule is CN1CC(NC(=O)Nc2nc3cc(-c4cc(Cc5n[nH]c(=O)c6ccccc56)ccc4F)ccc3[nH]2)C1. The van der Waals surface area contributed by atoms with Crippen molar-refractivity contribution in [3.05, 3.63) is 88.1 Å². The number of amides is 2. The fraction of sp³-hybridized carbons (Fsp3) is 0.185. The summed E-state index contributed by atoms with van der Waals surface area (Å²) >= 11 is 0. The van der Waals surface area contributed by atoms with E-state index >= 15 is 0 Å². The van der Waals surface area contributed by atoms with Gasteiger partial charge in [0.25, 0.3) is 5.56 Å². The second-order valence-electron chi connectivity index (χ2n) is 9.37. The summed E-state index contributed by atoms with van der Waals surface area (Å²) < 4.78 is 14.9. The predicted octanol–water partition coefficient (Wildman–Crippen LogP) is 3.63. The van der Waals surface area contributed by atoms with E-state index in [-0.39, 0.29) is 23.4 Å². The lowest BCUT2D eigenvalue weighted by atomic mass is 9.98. The molecule has 0 aliphatic carbocycles. The zero-order chi connectivity index (χ0) is 25.5. The Kier molecular flexibility index (Phi) is 5.65. The van der Waals surface area contributed by atoms with Gasteiger partial charge in [-0.25, -0.2) is 19.3 Å². The third-order valence-corrected chi connectivity index (χ3v) is 6.60. The van der Waals surface area contributed by atoms with E-state index in [1.807, 2.05) is 37.4 Å². The summed E-state index contributed by atoms with van der Waals surface area (Å²) in [4.78, 5) is 34.0. The maximum absolute atomic E-state index is 14.9. The number of rotatable bonds is 5. The Morgan fingerprint density at radius 3 is 2.73 bits per heavy atom. The number of carbonyl (C=O) groups is 1. The van der Waals surface area contributed by atoms with E-state index < -0.39 is 0 Å². The Bertz CT molecular complexity index is 1700. The van der Waals surface area contributed by atoms with Crippen LogP contribution in [0.4, 0.5) is 15.1 Å². The Balaban J connectivity index is 1.25. The average molecular weight is 498 g/mol. The van der Waals surface area contributed by atoms with Crippen LogP contribution in [0.2, 0.25) is 0 Å². The zero-order valence-corrected chi connectivity index (χ0v) is 20.0. The summed E-state index contributed by atoms with van der Waals surface area (Å²) in [5, 5.41) is 13.7. The molecule has 1 saturated heterocycles. The molecule has 0 radical (unpaired) electrons. The molecule has 10 heteroatoms. The van der Waals surface area contributed by atoms with Gasteiger partial charge in [-0.15, -0.1) is 0 Å². The molecular weight excluding hydrogens is 473 g/mol. The number of nitrogens with one attached hydrogen (secondary N) is 4. The number of H-pyrrole nitrogens is 2. The average Bonchev–Trinajstić information content (AvgIpc) is 3.27. The molecule has 4 N–H and O–H groups in total. The second-order valence-corrected chi connectivity index (χ2v) is 9.37. The van der Waals surface area contributed by atoms with Gasteiger partial charge in [0.15, 0.2) is 0 Å². The molecule has 1 aliphatic rings. The van der Waals surface area contributed by atoms with Crippen molar-refractivity contribution in [2.24, 2.45) is 0 Å². The number of fused-ring (bicyclic) bond motifs is 2. The number of nitrogens with zero attached hydrogens (tertiary/aromatic N) is 3. The molecule has 9 nitrogen and oxygen atoms in total. The molecule has 0 unspecified atom stereocenters. The number of anilines is 1. The van der Waals surface area contributed by atoms with Gasteiger partial charge in [-0.2, -0.15) is 5.10 Å². The van der Waals surface area contributed by atoms with Crippen molar-refractivity contribution in [2.45, 2.75) is 12.5 Å². The highest BCUT2D eigenvalue weighted by Crippen LogP contribution is 2.28. The summed E-state index contributed by atoms with van der Waals surface area (Å²) in [5.74, 6) is -0.0383. The Morgan fingerprint density at radius 1 is 1.11 bits per heavy atom. The fourth-order valence-corrected chi connectivity index (χ4v) is 4.76. The highest BCUT2D eigenvalue weighted by Gasteiger charge is 2.24. The Hall–Kier alpha value is -4.57.